The fraction of sp³-hybridized carbons (Fsp3) is 0.417. The summed E-state index contributed by atoms with van der Waals surface area (Å²) in [5.41, 5.74) is 1.26. The van der Waals surface area contributed by atoms with Gasteiger partial charge in [0.15, 0.2) is 0 Å². The number of hydrazine groups is 1. The molecule has 94 valence electrons. The highest BCUT2D eigenvalue weighted by Gasteiger charge is 2.22. The highest BCUT2D eigenvalue weighted by Crippen LogP contribution is 2.24. The molecule has 0 unspecified atom stereocenters. The number of hydrogen-bond acceptors (Lipinski definition) is 2. The lowest BCUT2D eigenvalue weighted by atomic mass is 9.87. The van der Waals surface area contributed by atoms with E-state index < -0.39 is 12.3 Å². The maximum Gasteiger partial charge on any atom is 0.317 e. The fourth-order valence-corrected chi connectivity index (χ4v) is 1.35. The summed E-state index contributed by atoms with van der Waals surface area (Å²) in [7, 11) is 0. The molecule has 0 aromatic heterocycles. The Kier molecular flexibility index (Phi) is 3.83. The third kappa shape index (κ3) is 3.23. The first-order valence-electron chi connectivity index (χ1n) is 5.21. The van der Waals surface area contributed by atoms with Gasteiger partial charge >= 0.3 is 12.3 Å². The van der Waals surface area contributed by atoms with Gasteiger partial charge in [-0.3, -0.25) is 4.79 Å². The number of nitrogens with zero attached hydrogens (tertiary/aromatic N) is 1. The summed E-state index contributed by atoms with van der Waals surface area (Å²) < 4.78 is 24.3. The molecule has 1 rings (SSSR count). The van der Waals surface area contributed by atoms with Crippen LogP contribution in [0.5, 0.6) is 0 Å². The Balaban J connectivity index is 2.92. The van der Waals surface area contributed by atoms with Crippen LogP contribution >= 0.6 is 0 Å². The molecule has 0 atom stereocenters. The van der Waals surface area contributed by atoms with Crippen LogP contribution in [0.4, 0.5) is 14.5 Å². The van der Waals surface area contributed by atoms with Crippen LogP contribution in [0.2, 0.25) is 0 Å². The van der Waals surface area contributed by atoms with Crippen molar-refractivity contribution in [2.75, 3.05) is 5.01 Å². The summed E-state index contributed by atoms with van der Waals surface area (Å²) in [5, 5.41) is 0.469. The first-order valence-corrected chi connectivity index (χ1v) is 5.21. The van der Waals surface area contributed by atoms with Crippen molar-refractivity contribution in [1.29, 1.82) is 0 Å². The molecule has 0 fully saturated rings. The molecule has 0 aliphatic heterocycles. The Bertz CT molecular complexity index is 396. The second-order valence-corrected chi connectivity index (χ2v) is 4.81. The largest absolute Gasteiger partial charge is 0.317 e. The molecule has 17 heavy (non-hydrogen) atoms. The molecular weight excluding hydrogens is 226 g/mol. The Morgan fingerprint density at radius 1 is 1.24 bits per heavy atom. The third-order valence-electron chi connectivity index (χ3n) is 2.44. The van der Waals surface area contributed by atoms with Gasteiger partial charge in [-0.05, 0) is 23.1 Å². The van der Waals surface area contributed by atoms with Crippen molar-refractivity contribution in [3.63, 3.8) is 0 Å². The van der Waals surface area contributed by atoms with Crippen LogP contribution in [0, 0.1) is 0 Å². The second kappa shape index (κ2) is 4.79. The number of anilines is 1. The number of amides is 1. The molecule has 0 aliphatic carbocycles. The van der Waals surface area contributed by atoms with Crippen molar-refractivity contribution in [3.8, 4) is 0 Å². The molecule has 1 amide bonds. The van der Waals surface area contributed by atoms with Crippen LogP contribution in [-0.2, 0) is 10.2 Å². The summed E-state index contributed by atoms with van der Waals surface area (Å²) in [6.45, 7) is 6.10. The van der Waals surface area contributed by atoms with Gasteiger partial charge in [-0.1, -0.05) is 32.9 Å². The van der Waals surface area contributed by atoms with E-state index in [0.29, 0.717) is 5.01 Å². The van der Waals surface area contributed by atoms with Crippen LogP contribution in [0.15, 0.2) is 24.3 Å². The van der Waals surface area contributed by atoms with Crippen LogP contribution in [0.1, 0.15) is 26.3 Å². The highest BCUT2D eigenvalue weighted by molar-refractivity contribution is 5.94. The first kappa shape index (κ1) is 13.6. The predicted octanol–water partition coefficient (Wildman–Crippen LogP) is 2.46. The number of benzene rings is 1. The van der Waals surface area contributed by atoms with Gasteiger partial charge in [0.2, 0.25) is 0 Å². The van der Waals surface area contributed by atoms with Gasteiger partial charge in [-0.2, -0.15) is 8.78 Å². The maximum absolute atomic E-state index is 12.2. The lowest BCUT2D eigenvalue weighted by Gasteiger charge is -2.21. The lowest BCUT2D eigenvalue weighted by Crippen LogP contribution is -2.41. The zero-order chi connectivity index (χ0) is 13.2. The van der Waals surface area contributed by atoms with Crippen molar-refractivity contribution in [2.45, 2.75) is 32.6 Å². The zero-order valence-electron chi connectivity index (χ0n) is 10.1. The van der Waals surface area contributed by atoms with Crippen molar-refractivity contribution < 1.29 is 13.6 Å². The Hall–Kier alpha value is -1.49. The molecule has 0 heterocycles. The van der Waals surface area contributed by atoms with Crippen LogP contribution in [-0.4, -0.2) is 12.3 Å². The van der Waals surface area contributed by atoms with Crippen LogP contribution in [0.25, 0.3) is 0 Å². The average molecular weight is 242 g/mol. The third-order valence-corrected chi connectivity index (χ3v) is 2.44. The van der Waals surface area contributed by atoms with Gasteiger partial charge in [-0.25, -0.2) is 10.9 Å². The van der Waals surface area contributed by atoms with Gasteiger partial charge in [-0.15, -0.1) is 0 Å². The summed E-state index contributed by atoms with van der Waals surface area (Å²) >= 11 is 0. The number of carbonyl (C=O) groups is 1. The van der Waals surface area contributed by atoms with E-state index in [9.17, 15) is 13.6 Å². The minimum Gasteiger partial charge on any atom is -0.266 e. The Labute approximate surface area is 99.2 Å². The van der Waals surface area contributed by atoms with Gasteiger partial charge in [0.25, 0.3) is 0 Å². The lowest BCUT2D eigenvalue weighted by molar-refractivity contribution is -0.129. The quantitative estimate of drug-likeness (QED) is 0.492. The van der Waals surface area contributed by atoms with E-state index in [-0.39, 0.29) is 11.1 Å². The molecule has 5 heteroatoms. The number of nitrogens with two attached hydrogens (primary N) is 1. The number of rotatable bonds is 2. The molecule has 0 bridgehead atoms. The summed E-state index contributed by atoms with van der Waals surface area (Å²) in [6.07, 6.45) is -3.10. The van der Waals surface area contributed by atoms with Gasteiger partial charge < -0.3 is 0 Å². The molecule has 0 saturated carbocycles. The summed E-state index contributed by atoms with van der Waals surface area (Å²) in [6, 6.07) is 6.66. The Morgan fingerprint density at radius 2 is 1.71 bits per heavy atom. The van der Waals surface area contributed by atoms with E-state index in [2.05, 4.69) is 0 Å². The molecule has 1 aromatic carbocycles. The SMILES string of the molecule is CC(C)(C)c1ccc(N(N)C(=O)C(F)F)cc1. The van der Waals surface area contributed by atoms with E-state index in [0.717, 1.165) is 5.56 Å². The minimum atomic E-state index is -3.10. The van der Waals surface area contributed by atoms with Crippen molar-refractivity contribution in [3.05, 3.63) is 29.8 Å². The van der Waals surface area contributed by atoms with Crippen molar-refractivity contribution in [1.82, 2.24) is 0 Å². The smallest absolute Gasteiger partial charge is 0.266 e. The van der Waals surface area contributed by atoms with E-state index >= 15 is 0 Å². The predicted molar refractivity (Wildman–Crippen MR) is 62.8 cm³/mol. The molecular formula is C12H16F2N2O. The summed E-state index contributed by atoms with van der Waals surface area (Å²) in [4.78, 5) is 11.0. The number of halogens is 2. The molecule has 0 aliphatic rings. The van der Waals surface area contributed by atoms with Crippen molar-refractivity contribution in [2.24, 2.45) is 5.84 Å². The average Bonchev–Trinajstić information content (AvgIpc) is 2.26. The van der Waals surface area contributed by atoms with Crippen molar-refractivity contribution >= 4 is 11.6 Å². The molecule has 2 N–H and O–H groups in total. The normalized spacial score (nSPS) is 11.7. The van der Waals surface area contributed by atoms with Crippen LogP contribution < -0.4 is 10.9 Å². The highest BCUT2D eigenvalue weighted by atomic mass is 19.3. The Morgan fingerprint density at radius 3 is 2.06 bits per heavy atom. The van der Waals surface area contributed by atoms with Gasteiger partial charge in [0.05, 0.1) is 5.69 Å². The van der Waals surface area contributed by atoms with E-state index in [1.165, 1.54) is 0 Å². The van der Waals surface area contributed by atoms with E-state index in [4.69, 9.17) is 5.84 Å². The molecule has 0 radical (unpaired) electrons. The second-order valence-electron chi connectivity index (χ2n) is 4.81. The van der Waals surface area contributed by atoms with Gasteiger partial charge in [0.1, 0.15) is 0 Å². The van der Waals surface area contributed by atoms with Gasteiger partial charge in [0, 0.05) is 0 Å². The number of carbonyl (C=O) groups excluding carboxylic acids is 1. The molecule has 3 nitrogen and oxygen atoms in total. The van der Waals surface area contributed by atoms with E-state index in [1.54, 1.807) is 24.3 Å². The molecule has 1 aromatic rings. The minimum absolute atomic E-state index is 0.0370. The standard InChI is InChI=1S/C12H16F2N2O/c1-12(2,3)8-4-6-9(7-5-8)16(15)11(17)10(13)14/h4-7,10H,15H2,1-3H3. The van der Waals surface area contributed by atoms with E-state index in [1.807, 2.05) is 20.8 Å². The first-order chi connectivity index (χ1) is 7.73. The fourth-order valence-electron chi connectivity index (χ4n) is 1.35. The number of alkyl halides is 2. The van der Waals surface area contributed by atoms with Crippen LogP contribution in [0.3, 0.4) is 0 Å². The zero-order valence-corrected chi connectivity index (χ0v) is 10.1. The monoisotopic (exact) mass is 242 g/mol. The number of hydrogen-bond donors (Lipinski definition) is 1. The summed E-state index contributed by atoms with van der Waals surface area (Å²) in [5.74, 6) is 3.89. The molecule has 0 saturated heterocycles. The molecule has 0 spiro atoms. The topological polar surface area (TPSA) is 46.3 Å². The maximum atomic E-state index is 12.2.